The van der Waals surface area contributed by atoms with Crippen molar-refractivity contribution in [3.05, 3.63) is 76.8 Å². The fraction of sp³-hybridized carbons (Fsp3) is 0.261. The van der Waals surface area contributed by atoms with E-state index >= 15 is 0 Å². The Bertz CT molecular complexity index is 1300. The molecule has 6 nitrogen and oxygen atoms in total. The molecule has 6 rings (SSSR count). The second-order valence-electron chi connectivity index (χ2n) is 7.88. The molecule has 2 aliphatic rings. The van der Waals surface area contributed by atoms with Gasteiger partial charge in [0.15, 0.2) is 0 Å². The van der Waals surface area contributed by atoms with Crippen molar-refractivity contribution in [1.82, 2.24) is 14.8 Å². The minimum atomic E-state index is -0.0425. The molecule has 2 atom stereocenters. The van der Waals surface area contributed by atoms with Gasteiger partial charge in [0.05, 0.1) is 42.4 Å². The number of para-hydroxylation sites is 1. The Hall–Kier alpha value is -3.25. The number of pyridine rings is 1. The molecule has 3 heterocycles. The molecule has 6 heteroatoms. The zero-order valence-electron chi connectivity index (χ0n) is 15.8. The zero-order valence-corrected chi connectivity index (χ0v) is 15.8. The van der Waals surface area contributed by atoms with E-state index in [9.17, 15) is 4.79 Å². The van der Waals surface area contributed by atoms with Gasteiger partial charge in [0.1, 0.15) is 0 Å². The van der Waals surface area contributed by atoms with Crippen molar-refractivity contribution in [2.45, 2.75) is 24.4 Å². The fourth-order valence-corrected chi connectivity index (χ4v) is 4.16. The van der Waals surface area contributed by atoms with Crippen molar-refractivity contribution in [2.75, 3.05) is 18.5 Å². The van der Waals surface area contributed by atoms with Crippen LogP contribution in [0.25, 0.3) is 21.7 Å². The topological polar surface area (TPSA) is 69.0 Å². The van der Waals surface area contributed by atoms with E-state index in [1.54, 1.807) is 10.9 Å². The molecule has 1 saturated heterocycles. The summed E-state index contributed by atoms with van der Waals surface area (Å²) in [6.07, 6.45) is 2.68. The van der Waals surface area contributed by atoms with Crippen molar-refractivity contribution >= 4 is 27.4 Å². The van der Waals surface area contributed by atoms with E-state index in [1.165, 1.54) is 0 Å². The normalized spacial score (nSPS) is 21.2. The lowest BCUT2D eigenvalue weighted by molar-refractivity contribution is 0.0211. The average Bonchev–Trinajstić information content (AvgIpc) is 3.51. The van der Waals surface area contributed by atoms with Gasteiger partial charge in [0.25, 0.3) is 5.56 Å². The molecule has 4 aromatic rings. The molecule has 1 N–H and O–H groups in total. The van der Waals surface area contributed by atoms with Gasteiger partial charge in [0, 0.05) is 28.1 Å². The number of fused-ring (bicyclic) bond motifs is 2. The lowest BCUT2D eigenvalue weighted by Gasteiger charge is -2.28. The Balaban J connectivity index is 1.36. The summed E-state index contributed by atoms with van der Waals surface area (Å²) in [6.45, 7) is 1.35. The third-order valence-electron chi connectivity index (χ3n) is 5.91. The standard InChI is InChI=1S/C23H20N4O2/c28-23-22-15(5-3-7-20(22)25-16-12-29-13-16)11-24-27(23)21-10-17(21)19-9-8-14-4-1-2-6-18(14)26-19/h1-9,11,16-17,21,25H,10,12-13H2. The van der Waals surface area contributed by atoms with E-state index < -0.39 is 0 Å². The predicted molar refractivity (Wildman–Crippen MR) is 112 cm³/mol. The summed E-state index contributed by atoms with van der Waals surface area (Å²) in [5.74, 6) is 0.224. The molecule has 1 aliphatic heterocycles. The maximum absolute atomic E-state index is 13.3. The Morgan fingerprint density at radius 1 is 1.00 bits per heavy atom. The van der Waals surface area contributed by atoms with Crippen molar-refractivity contribution < 1.29 is 4.74 Å². The molecule has 0 amide bonds. The lowest BCUT2D eigenvalue weighted by Crippen LogP contribution is -2.40. The quantitative estimate of drug-likeness (QED) is 0.583. The first-order chi connectivity index (χ1) is 14.3. The van der Waals surface area contributed by atoms with Crippen molar-refractivity contribution in [2.24, 2.45) is 0 Å². The first kappa shape index (κ1) is 16.7. The van der Waals surface area contributed by atoms with E-state index in [4.69, 9.17) is 9.72 Å². The van der Waals surface area contributed by atoms with Gasteiger partial charge in [-0.2, -0.15) is 5.10 Å². The van der Waals surface area contributed by atoms with Crippen LogP contribution in [0.3, 0.4) is 0 Å². The summed E-state index contributed by atoms with van der Waals surface area (Å²) in [5, 5.41) is 10.6. The lowest BCUT2D eigenvalue weighted by atomic mass is 10.1. The van der Waals surface area contributed by atoms with Crippen molar-refractivity contribution in [3.63, 3.8) is 0 Å². The summed E-state index contributed by atoms with van der Waals surface area (Å²) in [4.78, 5) is 18.1. The summed E-state index contributed by atoms with van der Waals surface area (Å²) < 4.78 is 6.89. The van der Waals surface area contributed by atoms with Crippen LogP contribution in [-0.2, 0) is 4.74 Å². The highest BCUT2D eigenvalue weighted by Crippen LogP contribution is 2.50. The Kier molecular flexibility index (Phi) is 3.67. The number of hydrogen-bond donors (Lipinski definition) is 1. The molecule has 2 fully saturated rings. The van der Waals surface area contributed by atoms with E-state index in [2.05, 4.69) is 28.6 Å². The first-order valence-corrected chi connectivity index (χ1v) is 9.98. The average molecular weight is 384 g/mol. The highest BCUT2D eigenvalue weighted by Gasteiger charge is 2.43. The van der Waals surface area contributed by atoms with Crippen LogP contribution in [0.1, 0.15) is 24.1 Å². The fourth-order valence-electron chi connectivity index (χ4n) is 4.16. The van der Waals surface area contributed by atoms with Gasteiger partial charge >= 0.3 is 0 Å². The predicted octanol–water partition coefficient (Wildman–Crippen LogP) is 3.48. The minimum Gasteiger partial charge on any atom is -0.377 e. The summed E-state index contributed by atoms with van der Waals surface area (Å²) in [5.41, 5.74) is 2.83. The molecular weight excluding hydrogens is 364 g/mol. The second kappa shape index (κ2) is 6.39. The summed E-state index contributed by atoms with van der Waals surface area (Å²) in [7, 11) is 0. The van der Waals surface area contributed by atoms with Gasteiger partial charge in [-0.1, -0.05) is 36.4 Å². The van der Waals surface area contributed by atoms with Gasteiger partial charge in [-0.05, 0) is 24.6 Å². The van der Waals surface area contributed by atoms with Gasteiger partial charge < -0.3 is 10.1 Å². The van der Waals surface area contributed by atoms with Crippen molar-refractivity contribution in [1.29, 1.82) is 0 Å². The molecular formula is C23H20N4O2. The van der Waals surface area contributed by atoms with Gasteiger partial charge in [-0.3, -0.25) is 9.78 Å². The molecule has 1 saturated carbocycles. The van der Waals surface area contributed by atoms with Gasteiger partial charge in [-0.25, -0.2) is 4.68 Å². The summed E-state index contributed by atoms with van der Waals surface area (Å²) >= 11 is 0. The number of anilines is 1. The SMILES string of the molecule is O=c1c2c(NC3COC3)cccc2cnn1C1CC1c1ccc2ccccc2n1. The number of rotatable bonds is 4. The minimum absolute atomic E-state index is 0.0425. The third-order valence-corrected chi connectivity index (χ3v) is 5.91. The third kappa shape index (κ3) is 2.79. The van der Waals surface area contributed by atoms with E-state index in [0.717, 1.165) is 34.1 Å². The van der Waals surface area contributed by atoms with Crippen LogP contribution in [0.2, 0.25) is 0 Å². The monoisotopic (exact) mass is 384 g/mol. The Morgan fingerprint density at radius 3 is 2.72 bits per heavy atom. The summed E-state index contributed by atoms with van der Waals surface area (Å²) in [6, 6.07) is 18.4. The molecule has 144 valence electrons. The largest absolute Gasteiger partial charge is 0.377 e. The van der Waals surface area contributed by atoms with Gasteiger partial charge in [0.2, 0.25) is 0 Å². The molecule has 2 aromatic heterocycles. The number of nitrogens with zero attached hydrogens (tertiary/aromatic N) is 3. The maximum atomic E-state index is 13.3. The highest BCUT2D eigenvalue weighted by molar-refractivity contribution is 5.92. The van der Waals surface area contributed by atoms with Crippen LogP contribution < -0.4 is 10.9 Å². The van der Waals surface area contributed by atoms with Crippen LogP contribution in [0.5, 0.6) is 0 Å². The number of hydrogen-bond acceptors (Lipinski definition) is 5. The van der Waals surface area contributed by atoms with Crippen molar-refractivity contribution in [3.8, 4) is 0 Å². The Labute approximate surface area is 167 Å². The van der Waals surface area contributed by atoms with Crippen LogP contribution in [0.15, 0.2) is 65.6 Å². The second-order valence-corrected chi connectivity index (χ2v) is 7.88. The molecule has 2 aromatic carbocycles. The number of nitrogens with one attached hydrogen (secondary N) is 1. The number of benzene rings is 2. The van der Waals surface area contributed by atoms with Crippen LogP contribution in [0, 0.1) is 0 Å². The van der Waals surface area contributed by atoms with E-state index in [1.807, 2.05) is 36.4 Å². The number of aromatic nitrogens is 3. The zero-order chi connectivity index (χ0) is 19.4. The molecule has 0 radical (unpaired) electrons. The first-order valence-electron chi connectivity index (χ1n) is 9.98. The van der Waals surface area contributed by atoms with Crippen LogP contribution in [0.4, 0.5) is 5.69 Å². The molecule has 1 aliphatic carbocycles. The Morgan fingerprint density at radius 2 is 1.86 bits per heavy atom. The van der Waals surface area contributed by atoms with Gasteiger partial charge in [-0.15, -0.1) is 0 Å². The highest BCUT2D eigenvalue weighted by atomic mass is 16.5. The number of ether oxygens (including phenoxy) is 1. The van der Waals surface area contributed by atoms with E-state index in [0.29, 0.717) is 18.6 Å². The van der Waals surface area contributed by atoms with Crippen LogP contribution in [-0.4, -0.2) is 34.0 Å². The molecule has 2 unspecified atom stereocenters. The maximum Gasteiger partial charge on any atom is 0.277 e. The molecule has 0 spiro atoms. The smallest absolute Gasteiger partial charge is 0.277 e. The molecule has 29 heavy (non-hydrogen) atoms. The molecule has 0 bridgehead atoms. The van der Waals surface area contributed by atoms with Crippen LogP contribution >= 0.6 is 0 Å². The van der Waals surface area contributed by atoms with E-state index in [-0.39, 0.29) is 23.6 Å².